The van der Waals surface area contributed by atoms with E-state index in [0.29, 0.717) is 6.42 Å². The fraction of sp³-hybridized carbons (Fsp3) is 0.900. The van der Waals surface area contributed by atoms with Crippen LogP contribution in [0.1, 0.15) is 33.1 Å². The second-order valence-corrected chi connectivity index (χ2v) is 4.59. The highest BCUT2D eigenvalue weighted by Gasteiger charge is 2.10. The average molecular weight is 218 g/mol. The number of nitrogens with two attached hydrogens (primary N) is 1. The van der Waals surface area contributed by atoms with Crippen LogP contribution in [0.3, 0.4) is 0 Å². The molecule has 3 N–H and O–H groups in total. The molecule has 0 rings (SSSR count). The van der Waals surface area contributed by atoms with Gasteiger partial charge in [0, 0.05) is 24.3 Å². The summed E-state index contributed by atoms with van der Waals surface area (Å²) >= 11 is 1.73. The Balaban J connectivity index is 3.63. The van der Waals surface area contributed by atoms with E-state index >= 15 is 0 Å². The first-order valence-electron chi connectivity index (χ1n) is 5.14. The third-order valence-corrected chi connectivity index (χ3v) is 2.76. The lowest BCUT2D eigenvalue weighted by Gasteiger charge is -2.14. The van der Waals surface area contributed by atoms with Crippen LogP contribution in [0.2, 0.25) is 0 Å². The van der Waals surface area contributed by atoms with E-state index in [1.807, 2.05) is 13.2 Å². The smallest absolute Gasteiger partial charge is 0.221 e. The van der Waals surface area contributed by atoms with Crippen molar-refractivity contribution in [3.05, 3.63) is 0 Å². The van der Waals surface area contributed by atoms with Gasteiger partial charge in [-0.25, -0.2) is 0 Å². The van der Waals surface area contributed by atoms with Crippen LogP contribution in [0.5, 0.6) is 0 Å². The van der Waals surface area contributed by atoms with Crippen LogP contribution in [-0.2, 0) is 4.79 Å². The lowest BCUT2D eigenvalue weighted by atomic mass is 10.1. The van der Waals surface area contributed by atoms with E-state index in [4.69, 9.17) is 5.73 Å². The van der Waals surface area contributed by atoms with Gasteiger partial charge in [-0.05, 0) is 19.6 Å². The number of nitrogens with one attached hydrogen (secondary N) is 1. The van der Waals surface area contributed by atoms with Crippen molar-refractivity contribution in [3.63, 3.8) is 0 Å². The van der Waals surface area contributed by atoms with E-state index in [-0.39, 0.29) is 18.0 Å². The standard InChI is InChI=1S/C10H22N2OS/c1-4-5-9(11)6-10(13)12-8(2)7-14-3/h8-9H,4-7,11H2,1-3H3,(H,12,13). The van der Waals surface area contributed by atoms with Crippen molar-refractivity contribution < 1.29 is 4.79 Å². The molecule has 0 aliphatic carbocycles. The summed E-state index contributed by atoms with van der Waals surface area (Å²) in [5.74, 6) is 1.03. The van der Waals surface area contributed by atoms with E-state index in [2.05, 4.69) is 12.2 Å². The minimum absolute atomic E-state index is 0.0153. The summed E-state index contributed by atoms with van der Waals surface area (Å²) in [4.78, 5) is 11.4. The molecule has 0 aliphatic rings. The molecule has 3 nitrogen and oxygen atoms in total. The molecule has 4 heteroatoms. The zero-order valence-corrected chi connectivity index (χ0v) is 10.2. The van der Waals surface area contributed by atoms with Crippen molar-refractivity contribution in [2.24, 2.45) is 5.73 Å². The second kappa shape index (κ2) is 8.12. The first-order valence-corrected chi connectivity index (χ1v) is 6.53. The highest BCUT2D eigenvalue weighted by Crippen LogP contribution is 2.00. The Kier molecular flexibility index (Phi) is 7.99. The number of hydrogen-bond donors (Lipinski definition) is 2. The highest BCUT2D eigenvalue weighted by atomic mass is 32.2. The van der Waals surface area contributed by atoms with E-state index in [1.165, 1.54) is 0 Å². The van der Waals surface area contributed by atoms with Crippen molar-refractivity contribution in [3.8, 4) is 0 Å². The molecule has 0 aliphatic heterocycles. The van der Waals surface area contributed by atoms with Gasteiger partial charge in [-0.2, -0.15) is 11.8 Å². The normalized spacial score (nSPS) is 14.9. The van der Waals surface area contributed by atoms with Crippen LogP contribution in [0.15, 0.2) is 0 Å². The number of amides is 1. The number of carbonyl (C=O) groups excluding carboxylic acids is 1. The molecule has 0 aromatic rings. The molecular weight excluding hydrogens is 196 g/mol. The molecule has 0 aromatic heterocycles. The van der Waals surface area contributed by atoms with Crippen molar-refractivity contribution in [2.75, 3.05) is 12.0 Å². The van der Waals surface area contributed by atoms with Crippen molar-refractivity contribution in [2.45, 2.75) is 45.2 Å². The Bertz CT molecular complexity index is 148. The summed E-state index contributed by atoms with van der Waals surface area (Å²) in [6.45, 7) is 4.09. The number of hydrogen-bond acceptors (Lipinski definition) is 3. The highest BCUT2D eigenvalue weighted by molar-refractivity contribution is 7.98. The second-order valence-electron chi connectivity index (χ2n) is 3.68. The Morgan fingerprint density at radius 2 is 2.21 bits per heavy atom. The van der Waals surface area contributed by atoms with E-state index < -0.39 is 0 Å². The van der Waals surface area contributed by atoms with Gasteiger partial charge in [0.2, 0.25) is 5.91 Å². The van der Waals surface area contributed by atoms with Gasteiger partial charge in [0.1, 0.15) is 0 Å². The molecule has 0 bridgehead atoms. The third-order valence-electron chi connectivity index (χ3n) is 1.93. The topological polar surface area (TPSA) is 55.1 Å². The molecule has 0 fully saturated rings. The maximum Gasteiger partial charge on any atom is 0.221 e. The fourth-order valence-corrected chi connectivity index (χ4v) is 1.92. The van der Waals surface area contributed by atoms with Crippen LogP contribution in [0.25, 0.3) is 0 Å². The van der Waals surface area contributed by atoms with Gasteiger partial charge in [0.05, 0.1) is 0 Å². The monoisotopic (exact) mass is 218 g/mol. The van der Waals surface area contributed by atoms with Crippen LogP contribution < -0.4 is 11.1 Å². The van der Waals surface area contributed by atoms with Gasteiger partial charge < -0.3 is 11.1 Å². The molecule has 14 heavy (non-hydrogen) atoms. The summed E-state index contributed by atoms with van der Waals surface area (Å²) in [5.41, 5.74) is 5.77. The molecular formula is C10H22N2OS. The maximum absolute atomic E-state index is 11.4. The van der Waals surface area contributed by atoms with Gasteiger partial charge in [-0.3, -0.25) is 4.79 Å². The number of rotatable bonds is 7. The zero-order chi connectivity index (χ0) is 11.0. The first-order chi connectivity index (χ1) is 6.60. The van der Waals surface area contributed by atoms with Crippen molar-refractivity contribution in [1.29, 1.82) is 0 Å². The van der Waals surface area contributed by atoms with Crippen molar-refractivity contribution in [1.82, 2.24) is 5.32 Å². The third kappa shape index (κ3) is 7.21. The van der Waals surface area contributed by atoms with Gasteiger partial charge in [0.15, 0.2) is 0 Å². The summed E-state index contributed by atoms with van der Waals surface area (Å²) < 4.78 is 0. The molecule has 0 radical (unpaired) electrons. The molecule has 2 atom stereocenters. The molecule has 0 aromatic carbocycles. The molecule has 0 saturated heterocycles. The maximum atomic E-state index is 11.4. The van der Waals surface area contributed by atoms with Gasteiger partial charge >= 0.3 is 0 Å². The Labute approximate surface area is 91.2 Å². The predicted octanol–water partition coefficient (Wildman–Crippen LogP) is 1.37. The fourth-order valence-electron chi connectivity index (χ4n) is 1.34. The van der Waals surface area contributed by atoms with Gasteiger partial charge in [-0.1, -0.05) is 13.3 Å². The SMILES string of the molecule is CCCC(N)CC(=O)NC(C)CSC. The zero-order valence-electron chi connectivity index (χ0n) is 9.38. The van der Waals surface area contributed by atoms with Crippen LogP contribution >= 0.6 is 11.8 Å². The molecule has 0 heterocycles. The number of thioether (sulfide) groups is 1. The minimum Gasteiger partial charge on any atom is -0.353 e. The summed E-state index contributed by atoms with van der Waals surface area (Å²) in [5, 5.41) is 2.93. The Morgan fingerprint density at radius 1 is 1.57 bits per heavy atom. The van der Waals surface area contributed by atoms with E-state index in [9.17, 15) is 4.79 Å². The van der Waals surface area contributed by atoms with E-state index in [1.54, 1.807) is 11.8 Å². The van der Waals surface area contributed by atoms with Crippen LogP contribution in [-0.4, -0.2) is 30.0 Å². The van der Waals surface area contributed by atoms with Gasteiger partial charge in [0.25, 0.3) is 0 Å². The average Bonchev–Trinajstić information content (AvgIpc) is 2.03. The van der Waals surface area contributed by atoms with Crippen LogP contribution in [0.4, 0.5) is 0 Å². The lowest BCUT2D eigenvalue weighted by molar-refractivity contribution is -0.121. The lowest BCUT2D eigenvalue weighted by Crippen LogP contribution is -2.37. The summed E-state index contributed by atoms with van der Waals surface area (Å²) in [6.07, 6.45) is 4.44. The molecule has 0 saturated carbocycles. The molecule has 84 valence electrons. The molecule has 0 spiro atoms. The van der Waals surface area contributed by atoms with Crippen molar-refractivity contribution >= 4 is 17.7 Å². The predicted molar refractivity (Wildman–Crippen MR) is 63.5 cm³/mol. The largest absolute Gasteiger partial charge is 0.353 e. The Hall–Kier alpha value is -0.220. The quantitative estimate of drug-likeness (QED) is 0.678. The Morgan fingerprint density at radius 3 is 2.71 bits per heavy atom. The van der Waals surface area contributed by atoms with E-state index in [0.717, 1.165) is 18.6 Å². The number of carbonyl (C=O) groups is 1. The minimum atomic E-state index is 0.0153. The summed E-state index contributed by atoms with van der Waals surface area (Å²) in [6, 6.07) is 0.257. The summed E-state index contributed by atoms with van der Waals surface area (Å²) in [7, 11) is 0. The molecule has 2 unspecified atom stereocenters. The van der Waals surface area contributed by atoms with Gasteiger partial charge in [-0.15, -0.1) is 0 Å². The molecule has 1 amide bonds. The first kappa shape index (κ1) is 13.8. The van der Waals surface area contributed by atoms with Crippen LogP contribution in [0, 0.1) is 0 Å².